The molecule has 1 aromatic carbocycles. The molecule has 4 heteroatoms. The number of nitrogens with one attached hydrogen (secondary N) is 1. The van der Waals surface area contributed by atoms with Gasteiger partial charge < -0.3 is 14.8 Å². The third kappa shape index (κ3) is 9.91. The molecule has 0 aliphatic heterocycles. The molecule has 0 aliphatic carbocycles. The van der Waals surface area contributed by atoms with Gasteiger partial charge in [0.25, 0.3) is 0 Å². The van der Waals surface area contributed by atoms with Gasteiger partial charge in [0.05, 0.1) is 0 Å². The Morgan fingerprint density at radius 3 is 2.75 bits per heavy atom. The Labute approximate surface area is 145 Å². The molecule has 132 valence electrons. The summed E-state index contributed by atoms with van der Waals surface area (Å²) in [5.74, 6) is 6.35. The first-order valence-corrected chi connectivity index (χ1v) is 8.44. The summed E-state index contributed by atoms with van der Waals surface area (Å²) < 4.78 is 10.2. The minimum absolute atomic E-state index is 0.363. The molecular formula is C20H29NO3. The predicted molar refractivity (Wildman–Crippen MR) is 97.0 cm³/mol. The van der Waals surface area contributed by atoms with Crippen LogP contribution < -0.4 is 5.32 Å². The largest absolute Gasteiger partial charge is 0.444 e. The number of aryl methyl sites for hydroxylation is 1. The molecule has 0 bridgehead atoms. The van der Waals surface area contributed by atoms with E-state index in [2.05, 4.69) is 29.3 Å². The van der Waals surface area contributed by atoms with Crippen molar-refractivity contribution in [3.8, 4) is 11.8 Å². The Morgan fingerprint density at radius 1 is 1.25 bits per heavy atom. The highest BCUT2D eigenvalue weighted by molar-refractivity contribution is 5.67. The van der Waals surface area contributed by atoms with Crippen LogP contribution >= 0.6 is 0 Å². The molecule has 1 rings (SSSR count). The normalized spacial score (nSPS) is 10.7. The van der Waals surface area contributed by atoms with E-state index in [1.54, 1.807) is 7.11 Å². The first-order valence-electron chi connectivity index (χ1n) is 8.44. The minimum Gasteiger partial charge on any atom is -0.444 e. The van der Waals surface area contributed by atoms with Gasteiger partial charge in [0.2, 0.25) is 0 Å². The number of hydrogen-bond acceptors (Lipinski definition) is 3. The maximum Gasteiger partial charge on any atom is 0.407 e. The summed E-state index contributed by atoms with van der Waals surface area (Å²) in [6, 6.07) is 8.24. The highest BCUT2D eigenvalue weighted by Gasteiger charge is 2.15. The number of carbonyl (C=O) groups is 1. The third-order valence-corrected chi connectivity index (χ3v) is 3.12. The van der Waals surface area contributed by atoms with Crippen molar-refractivity contribution in [2.45, 2.75) is 52.1 Å². The summed E-state index contributed by atoms with van der Waals surface area (Å²) in [6.07, 6.45) is 3.20. The molecule has 24 heavy (non-hydrogen) atoms. The Kier molecular flexibility index (Phi) is 8.96. The zero-order valence-corrected chi connectivity index (χ0v) is 15.3. The third-order valence-electron chi connectivity index (χ3n) is 3.12. The van der Waals surface area contributed by atoms with E-state index < -0.39 is 5.60 Å². The number of unbranched alkanes of at least 4 members (excludes halogenated alkanes) is 1. The van der Waals surface area contributed by atoms with Crippen LogP contribution in [0.1, 0.15) is 51.2 Å². The quantitative estimate of drug-likeness (QED) is 0.608. The second kappa shape index (κ2) is 10.7. The van der Waals surface area contributed by atoms with Crippen LogP contribution in [0.3, 0.4) is 0 Å². The molecular weight excluding hydrogens is 302 g/mol. The van der Waals surface area contributed by atoms with Crippen LogP contribution in [0.15, 0.2) is 24.3 Å². The summed E-state index contributed by atoms with van der Waals surface area (Å²) in [7, 11) is 1.70. The summed E-state index contributed by atoms with van der Waals surface area (Å²) in [4.78, 5) is 11.6. The fourth-order valence-corrected chi connectivity index (χ4v) is 2.07. The number of carbonyl (C=O) groups excluding carboxylic acids is 1. The number of alkyl carbamates (subject to hydrolysis) is 1. The topological polar surface area (TPSA) is 47.6 Å². The van der Waals surface area contributed by atoms with E-state index in [0.717, 1.165) is 37.9 Å². The maximum absolute atomic E-state index is 11.6. The van der Waals surface area contributed by atoms with Crippen LogP contribution in [0, 0.1) is 11.8 Å². The average Bonchev–Trinajstić information content (AvgIpc) is 2.50. The lowest BCUT2D eigenvalue weighted by Crippen LogP contribution is -2.33. The molecule has 1 aromatic rings. The first-order chi connectivity index (χ1) is 11.4. The van der Waals surface area contributed by atoms with Crippen molar-refractivity contribution < 1.29 is 14.3 Å². The molecule has 0 aromatic heterocycles. The fourth-order valence-electron chi connectivity index (χ4n) is 2.07. The number of benzene rings is 1. The van der Waals surface area contributed by atoms with E-state index in [9.17, 15) is 4.79 Å². The molecule has 0 atom stereocenters. The Bertz CT molecular complexity index is 564. The van der Waals surface area contributed by atoms with Crippen LogP contribution in [0.5, 0.6) is 0 Å². The fraction of sp³-hybridized carbons (Fsp3) is 0.550. The Hall–Kier alpha value is -1.99. The van der Waals surface area contributed by atoms with Crippen LogP contribution in [-0.2, 0) is 15.9 Å². The van der Waals surface area contributed by atoms with Crippen molar-refractivity contribution in [2.75, 3.05) is 20.3 Å². The van der Waals surface area contributed by atoms with Gasteiger partial charge in [-0.05, 0) is 57.7 Å². The van der Waals surface area contributed by atoms with Gasteiger partial charge in [0.15, 0.2) is 0 Å². The Balaban J connectivity index is 2.33. The van der Waals surface area contributed by atoms with E-state index in [0.29, 0.717) is 6.54 Å². The zero-order chi connectivity index (χ0) is 17.8. The van der Waals surface area contributed by atoms with Crippen LogP contribution in [0.4, 0.5) is 4.79 Å². The van der Waals surface area contributed by atoms with Crippen molar-refractivity contribution in [3.05, 3.63) is 35.4 Å². The molecule has 0 unspecified atom stereocenters. The lowest BCUT2D eigenvalue weighted by Gasteiger charge is -2.19. The standard InChI is InChI=1S/C20H29NO3/c1-20(2,3)24-19(22)21-14-9-13-18-12-8-11-17(16-18)10-6-5-7-15-23-4/h8,11-12,16H,5,7,9,13-15H2,1-4H3,(H,21,22). The van der Waals surface area contributed by atoms with Gasteiger partial charge in [-0.2, -0.15) is 0 Å². The van der Waals surface area contributed by atoms with Gasteiger partial charge in [-0.15, -0.1) is 0 Å². The first kappa shape index (κ1) is 20.1. The smallest absolute Gasteiger partial charge is 0.407 e. The van der Waals surface area contributed by atoms with Crippen molar-refractivity contribution in [1.29, 1.82) is 0 Å². The SMILES string of the molecule is COCCCC#Cc1cccc(CCCNC(=O)OC(C)(C)C)c1. The van der Waals surface area contributed by atoms with E-state index >= 15 is 0 Å². The van der Waals surface area contributed by atoms with Gasteiger partial charge in [0.1, 0.15) is 5.60 Å². The maximum atomic E-state index is 11.6. The van der Waals surface area contributed by atoms with E-state index in [-0.39, 0.29) is 6.09 Å². The molecule has 0 aliphatic rings. The van der Waals surface area contributed by atoms with Gasteiger partial charge in [0, 0.05) is 32.2 Å². The van der Waals surface area contributed by atoms with Gasteiger partial charge in [-0.25, -0.2) is 4.79 Å². The molecule has 0 heterocycles. The highest BCUT2D eigenvalue weighted by Crippen LogP contribution is 2.08. The molecule has 0 saturated carbocycles. The monoisotopic (exact) mass is 331 g/mol. The van der Waals surface area contributed by atoms with Gasteiger partial charge in [-0.1, -0.05) is 24.0 Å². The number of amides is 1. The summed E-state index contributed by atoms with van der Waals surface area (Å²) in [5.41, 5.74) is 1.80. The summed E-state index contributed by atoms with van der Waals surface area (Å²) >= 11 is 0. The minimum atomic E-state index is -0.458. The van der Waals surface area contributed by atoms with Gasteiger partial charge >= 0.3 is 6.09 Å². The van der Waals surface area contributed by atoms with Crippen molar-refractivity contribution in [3.63, 3.8) is 0 Å². The number of ether oxygens (including phenoxy) is 2. The summed E-state index contributed by atoms with van der Waals surface area (Å²) in [6.45, 7) is 6.92. The van der Waals surface area contributed by atoms with E-state index in [4.69, 9.17) is 9.47 Å². The second-order valence-electron chi connectivity index (χ2n) is 6.63. The molecule has 1 amide bonds. The molecule has 0 radical (unpaired) electrons. The molecule has 4 nitrogen and oxygen atoms in total. The number of hydrogen-bond donors (Lipinski definition) is 1. The van der Waals surface area contributed by atoms with Crippen LogP contribution in [-0.4, -0.2) is 32.0 Å². The predicted octanol–water partition coefficient (Wildman–Crippen LogP) is 3.92. The van der Waals surface area contributed by atoms with Crippen molar-refractivity contribution in [2.24, 2.45) is 0 Å². The molecule has 0 fully saturated rings. The van der Waals surface area contributed by atoms with Gasteiger partial charge in [-0.3, -0.25) is 0 Å². The summed E-state index contributed by atoms with van der Waals surface area (Å²) in [5, 5.41) is 2.78. The van der Waals surface area contributed by atoms with E-state index in [1.807, 2.05) is 32.9 Å². The van der Waals surface area contributed by atoms with Crippen molar-refractivity contribution in [1.82, 2.24) is 5.32 Å². The molecule has 0 spiro atoms. The number of rotatable bonds is 7. The van der Waals surface area contributed by atoms with E-state index in [1.165, 1.54) is 5.56 Å². The second-order valence-corrected chi connectivity index (χ2v) is 6.63. The van der Waals surface area contributed by atoms with Crippen LogP contribution in [0.25, 0.3) is 0 Å². The lowest BCUT2D eigenvalue weighted by atomic mass is 10.1. The molecule has 1 N–H and O–H groups in total. The highest BCUT2D eigenvalue weighted by atomic mass is 16.6. The average molecular weight is 331 g/mol. The van der Waals surface area contributed by atoms with Crippen molar-refractivity contribution >= 4 is 6.09 Å². The lowest BCUT2D eigenvalue weighted by molar-refractivity contribution is 0.0527. The zero-order valence-electron chi connectivity index (χ0n) is 15.3. The Morgan fingerprint density at radius 2 is 2.04 bits per heavy atom. The number of methoxy groups -OCH3 is 1. The van der Waals surface area contributed by atoms with Crippen LogP contribution in [0.2, 0.25) is 0 Å². The molecule has 0 saturated heterocycles.